The first-order valence-corrected chi connectivity index (χ1v) is 5.89. The monoisotopic (exact) mass is 237 g/mol. The number of rotatable bonds is 5. The molecule has 0 saturated carbocycles. The standard InChI is InChI=1S/C14H23NO2/c1-10(7-8-11(2)16)9-13(12(3)15-17)14(4,5)6/h9H,7-8H2,1-6H3/b10-9+,13-12-. The van der Waals surface area contributed by atoms with Gasteiger partial charge in [0.1, 0.15) is 5.78 Å². The van der Waals surface area contributed by atoms with Gasteiger partial charge in [0.15, 0.2) is 0 Å². The quantitative estimate of drug-likeness (QED) is 0.526. The van der Waals surface area contributed by atoms with Crippen molar-refractivity contribution in [1.29, 1.82) is 0 Å². The molecule has 0 fully saturated rings. The Balaban J connectivity index is 5.06. The summed E-state index contributed by atoms with van der Waals surface area (Å²) in [6.07, 6.45) is 3.27. The Morgan fingerprint density at radius 3 is 2.00 bits per heavy atom. The van der Waals surface area contributed by atoms with Gasteiger partial charge in [-0.05, 0) is 43.4 Å². The van der Waals surface area contributed by atoms with Crippen molar-refractivity contribution < 1.29 is 4.79 Å². The van der Waals surface area contributed by atoms with E-state index in [1.54, 1.807) is 13.8 Å². The van der Waals surface area contributed by atoms with Crippen LogP contribution in [0.3, 0.4) is 0 Å². The molecule has 96 valence electrons. The van der Waals surface area contributed by atoms with Crippen LogP contribution in [0.2, 0.25) is 0 Å². The summed E-state index contributed by atoms with van der Waals surface area (Å²) in [5, 5.41) is 3.02. The summed E-state index contributed by atoms with van der Waals surface area (Å²) in [5.74, 6) is 0.185. The van der Waals surface area contributed by atoms with Crippen molar-refractivity contribution in [2.24, 2.45) is 10.6 Å². The average Bonchev–Trinajstić information content (AvgIpc) is 2.20. The van der Waals surface area contributed by atoms with Crippen LogP contribution in [0.25, 0.3) is 0 Å². The van der Waals surface area contributed by atoms with Crippen molar-refractivity contribution in [3.63, 3.8) is 0 Å². The topological polar surface area (TPSA) is 46.5 Å². The van der Waals surface area contributed by atoms with E-state index in [4.69, 9.17) is 0 Å². The lowest BCUT2D eigenvalue weighted by molar-refractivity contribution is -0.116. The summed E-state index contributed by atoms with van der Waals surface area (Å²) in [5.41, 5.74) is 2.44. The van der Waals surface area contributed by atoms with Gasteiger partial charge in [-0.1, -0.05) is 32.4 Å². The molecule has 0 aliphatic carbocycles. The summed E-state index contributed by atoms with van der Waals surface area (Å²) in [7, 11) is 0. The second-order valence-corrected chi connectivity index (χ2v) is 5.53. The second-order valence-electron chi connectivity index (χ2n) is 5.53. The minimum absolute atomic E-state index is 0.116. The van der Waals surface area contributed by atoms with Gasteiger partial charge in [-0.15, -0.1) is 4.91 Å². The molecule has 0 saturated heterocycles. The van der Waals surface area contributed by atoms with Crippen LogP contribution < -0.4 is 0 Å². The van der Waals surface area contributed by atoms with Crippen LogP contribution >= 0.6 is 0 Å². The summed E-state index contributed by atoms with van der Waals surface area (Å²) in [6.45, 7) is 11.4. The van der Waals surface area contributed by atoms with Crippen LogP contribution in [-0.2, 0) is 4.79 Å². The fraction of sp³-hybridized carbons (Fsp3) is 0.643. The summed E-state index contributed by atoms with van der Waals surface area (Å²) in [4.78, 5) is 21.6. The maximum atomic E-state index is 10.9. The zero-order chi connectivity index (χ0) is 13.6. The maximum absolute atomic E-state index is 10.9. The molecule has 0 aliphatic rings. The van der Waals surface area contributed by atoms with E-state index in [0.717, 1.165) is 17.6 Å². The minimum atomic E-state index is -0.116. The molecule has 0 aromatic rings. The van der Waals surface area contributed by atoms with E-state index in [2.05, 4.69) is 5.18 Å². The van der Waals surface area contributed by atoms with Gasteiger partial charge in [0.2, 0.25) is 0 Å². The van der Waals surface area contributed by atoms with Crippen molar-refractivity contribution in [3.8, 4) is 0 Å². The number of carbonyl (C=O) groups is 1. The van der Waals surface area contributed by atoms with Gasteiger partial charge < -0.3 is 4.79 Å². The molecule has 0 aromatic carbocycles. The number of nitroso groups, excluding NO2 is 1. The Morgan fingerprint density at radius 1 is 1.12 bits per heavy atom. The van der Waals surface area contributed by atoms with Crippen LogP contribution in [0, 0.1) is 10.3 Å². The summed E-state index contributed by atoms with van der Waals surface area (Å²) >= 11 is 0. The lowest BCUT2D eigenvalue weighted by atomic mass is 9.84. The van der Waals surface area contributed by atoms with E-state index < -0.39 is 0 Å². The smallest absolute Gasteiger partial charge is 0.130 e. The highest BCUT2D eigenvalue weighted by Gasteiger charge is 2.18. The van der Waals surface area contributed by atoms with E-state index in [9.17, 15) is 9.70 Å². The second kappa shape index (κ2) is 6.48. The lowest BCUT2D eigenvalue weighted by Gasteiger charge is -2.21. The Hall–Kier alpha value is -1.25. The summed E-state index contributed by atoms with van der Waals surface area (Å²) in [6, 6.07) is 0. The van der Waals surface area contributed by atoms with Gasteiger partial charge in [-0.3, -0.25) is 0 Å². The molecule has 0 N–H and O–H groups in total. The Bertz CT molecular complexity index is 357. The van der Waals surface area contributed by atoms with E-state index in [1.807, 2.05) is 33.8 Å². The largest absolute Gasteiger partial charge is 0.300 e. The van der Waals surface area contributed by atoms with Crippen LogP contribution in [0.4, 0.5) is 0 Å². The molecule has 0 heterocycles. The van der Waals surface area contributed by atoms with Crippen LogP contribution in [0.1, 0.15) is 54.4 Å². The highest BCUT2D eigenvalue weighted by Crippen LogP contribution is 2.31. The molecule has 3 heteroatoms. The maximum Gasteiger partial charge on any atom is 0.130 e. The van der Waals surface area contributed by atoms with Gasteiger partial charge >= 0.3 is 0 Å². The number of hydrogen-bond acceptors (Lipinski definition) is 3. The predicted molar refractivity (Wildman–Crippen MR) is 71.6 cm³/mol. The first-order valence-electron chi connectivity index (χ1n) is 5.89. The highest BCUT2D eigenvalue weighted by atomic mass is 16.3. The van der Waals surface area contributed by atoms with Crippen LogP contribution in [0.15, 0.2) is 28.1 Å². The predicted octanol–water partition coefficient (Wildman–Crippen LogP) is 4.39. The van der Waals surface area contributed by atoms with E-state index >= 15 is 0 Å². The number of carbonyl (C=O) groups excluding carboxylic acids is 1. The molecule has 0 radical (unpaired) electrons. The SMILES string of the molecule is CC(=O)CC/C(C)=C/C(=C(\C)N=O)C(C)(C)C. The van der Waals surface area contributed by atoms with Crippen molar-refractivity contribution >= 4 is 5.78 Å². The third kappa shape index (κ3) is 6.15. The van der Waals surface area contributed by atoms with E-state index in [1.165, 1.54) is 0 Å². The third-order valence-electron chi connectivity index (χ3n) is 2.60. The van der Waals surface area contributed by atoms with Gasteiger partial charge in [0.25, 0.3) is 0 Å². The molecule has 0 bridgehead atoms. The summed E-state index contributed by atoms with van der Waals surface area (Å²) < 4.78 is 0. The first kappa shape index (κ1) is 15.8. The molecular formula is C14H23NO2. The molecule has 0 aliphatic heterocycles. The molecule has 17 heavy (non-hydrogen) atoms. The highest BCUT2D eigenvalue weighted by molar-refractivity contribution is 5.75. The molecule has 3 nitrogen and oxygen atoms in total. The average molecular weight is 237 g/mol. The number of Topliss-reactive ketones (excluding diaryl/α,β-unsaturated/α-hetero) is 1. The fourth-order valence-electron chi connectivity index (χ4n) is 1.60. The van der Waals surface area contributed by atoms with Crippen molar-refractivity contribution in [1.82, 2.24) is 0 Å². The third-order valence-corrected chi connectivity index (χ3v) is 2.60. The first-order chi connectivity index (χ1) is 7.68. The minimum Gasteiger partial charge on any atom is -0.300 e. The number of hydrogen-bond donors (Lipinski definition) is 0. The normalized spacial score (nSPS) is 14.4. The molecular weight excluding hydrogens is 214 g/mol. The number of allylic oxidation sites excluding steroid dienone is 4. The van der Waals surface area contributed by atoms with Crippen molar-refractivity contribution in [2.75, 3.05) is 0 Å². The van der Waals surface area contributed by atoms with Crippen molar-refractivity contribution in [2.45, 2.75) is 54.4 Å². The van der Waals surface area contributed by atoms with Gasteiger partial charge in [-0.25, -0.2) is 0 Å². The van der Waals surface area contributed by atoms with E-state index in [-0.39, 0.29) is 11.2 Å². The number of nitrogens with zero attached hydrogens (tertiary/aromatic N) is 1. The molecule has 0 spiro atoms. The lowest BCUT2D eigenvalue weighted by Crippen LogP contribution is -2.10. The molecule has 0 rings (SSSR count). The Morgan fingerprint density at radius 2 is 1.65 bits per heavy atom. The molecule has 0 atom stereocenters. The Labute approximate surface area is 104 Å². The zero-order valence-corrected chi connectivity index (χ0v) is 11.8. The van der Waals surface area contributed by atoms with Gasteiger partial charge in [-0.2, -0.15) is 0 Å². The van der Waals surface area contributed by atoms with Gasteiger partial charge in [0, 0.05) is 6.42 Å². The Kier molecular flexibility index (Phi) is 6.00. The fourth-order valence-corrected chi connectivity index (χ4v) is 1.60. The van der Waals surface area contributed by atoms with Crippen molar-refractivity contribution in [3.05, 3.63) is 27.8 Å². The number of ketones is 1. The van der Waals surface area contributed by atoms with Gasteiger partial charge in [0.05, 0.1) is 5.70 Å². The molecule has 0 unspecified atom stereocenters. The van der Waals surface area contributed by atoms with Crippen LogP contribution in [0.5, 0.6) is 0 Å². The molecule has 0 amide bonds. The zero-order valence-electron chi connectivity index (χ0n) is 11.8. The van der Waals surface area contributed by atoms with Crippen LogP contribution in [-0.4, -0.2) is 5.78 Å². The molecule has 0 aromatic heterocycles. The van der Waals surface area contributed by atoms with E-state index in [0.29, 0.717) is 12.1 Å².